The van der Waals surface area contributed by atoms with Crippen LogP contribution in [0.15, 0.2) is 76.5 Å². The summed E-state index contributed by atoms with van der Waals surface area (Å²) in [5.41, 5.74) is 2.42. The van der Waals surface area contributed by atoms with Crippen LogP contribution in [0, 0.1) is 5.82 Å². The number of halogens is 4. The number of nitrogens with zero attached hydrogens (tertiary/aromatic N) is 4. The van der Waals surface area contributed by atoms with Crippen LogP contribution in [0.25, 0.3) is 11.1 Å². The summed E-state index contributed by atoms with van der Waals surface area (Å²) in [5.74, 6) is -0.165. The van der Waals surface area contributed by atoms with Gasteiger partial charge in [0.15, 0.2) is 18.2 Å². The zero-order chi connectivity index (χ0) is 32.3. The maximum Gasteiger partial charge on any atom is 0.422 e. The van der Waals surface area contributed by atoms with Crippen molar-refractivity contribution in [3.8, 4) is 17.1 Å². The molecule has 1 unspecified atom stereocenters. The van der Waals surface area contributed by atoms with Gasteiger partial charge >= 0.3 is 12.2 Å². The summed E-state index contributed by atoms with van der Waals surface area (Å²) in [7, 11) is -4.10. The lowest BCUT2D eigenvalue weighted by Crippen LogP contribution is -2.33. The number of hydrogen-bond acceptors (Lipinski definition) is 8. The maximum absolute atomic E-state index is 14.1. The first-order valence-electron chi connectivity index (χ1n) is 13.6. The van der Waals surface area contributed by atoms with Gasteiger partial charge in [-0.2, -0.15) is 13.2 Å². The summed E-state index contributed by atoms with van der Waals surface area (Å²) < 4.78 is 90.3. The molecule has 0 fully saturated rings. The molecular weight excluding hydrogens is 602 g/mol. The molecule has 9 nitrogen and oxygen atoms in total. The van der Waals surface area contributed by atoms with E-state index in [1.165, 1.54) is 36.7 Å². The first-order valence-corrected chi connectivity index (χ1v) is 15.2. The standard InChI is InChI=1S/C30H33F4N5O4S/c1-6-20-10-12-39(19(2)23-15-35-28(36-16-23)42-18-30(32,33)34)17-22(20)11-13-44(40,41)38-27-25(21-8-7-9-24(31)14-21)26(43-37-27)29(3,4)5/h6-9,11,13-16,19H,1,10,12,17-18H2,2-5H3,(H,37,38)/b13-11+. The molecule has 0 saturated heterocycles. The number of nitrogens with one attached hydrogen (secondary N) is 1. The van der Waals surface area contributed by atoms with E-state index in [4.69, 9.17) is 4.52 Å². The number of aromatic nitrogens is 3. The molecule has 3 heterocycles. The zero-order valence-electron chi connectivity index (χ0n) is 24.7. The normalized spacial score (nSPS) is 15.9. The highest BCUT2D eigenvalue weighted by Crippen LogP contribution is 2.39. The highest BCUT2D eigenvalue weighted by molar-refractivity contribution is 7.95. The van der Waals surface area contributed by atoms with Crippen LogP contribution in [0.4, 0.5) is 23.4 Å². The minimum Gasteiger partial charge on any atom is -0.454 e. The molecule has 1 N–H and O–H groups in total. The topological polar surface area (TPSA) is 110 Å². The van der Waals surface area contributed by atoms with Crippen molar-refractivity contribution >= 4 is 15.8 Å². The highest BCUT2D eigenvalue weighted by Gasteiger charge is 2.30. The van der Waals surface area contributed by atoms with Crippen LogP contribution < -0.4 is 9.46 Å². The van der Waals surface area contributed by atoms with Crippen LogP contribution in [0.2, 0.25) is 0 Å². The molecule has 14 heteroatoms. The van der Waals surface area contributed by atoms with Gasteiger partial charge in [-0.3, -0.25) is 9.62 Å². The lowest BCUT2D eigenvalue weighted by molar-refractivity contribution is -0.154. The lowest BCUT2D eigenvalue weighted by Gasteiger charge is -2.34. The van der Waals surface area contributed by atoms with Crippen LogP contribution in [0.3, 0.4) is 0 Å². The fourth-order valence-corrected chi connectivity index (χ4v) is 5.47. The Balaban J connectivity index is 1.52. The van der Waals surface area contributed by atoms with Crippen LogP contribution in [-0.2, 0) is 15.4 Å². The Kier molecular flexibility index (Phi) is 9.64. The molecule has 0 aliphatic carbocycles. The van der Waals surface area contributed by atoms with Crippen molar-refractivity contribution in [3.63, 3.8) is 0 Å². The third-order valence-electron chi connectivity index (χ3n) is 6.92. The average Bonchev–Trinajstić information content (AvgIpc) is 3.38. The fraction of sp³-hybridized carbons (Fsp3) is 0.367. The fourth-order valence-electron chi connectivity index (χ4n) is 4.65. The van der Waals surface area contributed by atoms with Crippen LogP contribution in [0.5, 0.6) is 6.01 Å². The van der Waals surface area contributed by atoms with E-state index in [9.17, 15) is 26.0 Å². The molecule has 3 aromatic rings. The van der Waals surface area contributed by atoms with E-state index in [2.05, 4.69) is 36.1 Å². The molecule has 0 amide bonds. The largest absolute Gasteiger partial charge is 0.454 e. The van der Waals surface area contributed by atoms with Crippen molar-refractivity contribution in [2.45, 2.75) is 51.7 Å². The second-order valence-corrected chi connectivity index (χ2v) is 12.9. The Hall–Kier alpha value is -4.04. The molecule has 2 aromatic heterocycles. The van der Waals surface area contributed by atoms with Gasteiger partial charge in [-0.15, -0.1) is 0 Å². The van der Waals surface area contributed by atoms with E-state index in [-0.39, 0.29) is 17.9 Å². The molecule has 1 atom stereocenters. The van der Waals surface area contributed by atoms with Crippen molar-refractivity contribution in [2.75, 3.05) is 24.4 Å². The smallest absolute Gasteiger partial charge is 0.422 e. The Morgan fingerprint density at radius 1 is 1.18 bits per heavy atom. The number of ether oxygens (including phenoxy) is 1. The van der Waals surface area contributed by atoms with Gasteiger partial charge in [0.1, 0.15) is 5.82 Å². The van der Waals surface area contributed by atoms with Crippen molar-refractivity contribution in [1.82, 2.24) is 20.0 Å². The van der Waals surface area contributed by atoms with Gasteiger partial charge in [-0.25, -0.2) is 22.8 Å². The van der Waals surface area contributed by atoms with Crippen molar-refractivity contribution in [3.05, 3.63) is 89.1 Å². The van der Waals surface area contributed by atoms with E-state index in [1.807, 2.05) is 27.7 Å². The Labute approximate surface area is 253 Å². The van der Waals surface area contributed by atoms with Gasteiger partial charge in [0.25, 0.3) is 10.0 Å². The van der Waals surface area contributed by atoms with Crippen LogP contribution >= 0.6 is 0 Å². The second-order valence-electron chi connectivity index (χ2n) is 11.3. The molecule has 1 aromatic carbocycles. The zero-order valence-corrected chi connectivity index (χ0v) is 25.5. The van der Waals surface area contributed by atoms with E-state index in [1.54, 1.807) is 12.1 Å². The summed E-state index contributed by atoms with van der Waals surface area (Å²) in [6.07, 6.45) is 2.04. The predicted molar refractivity (Wildman–Crippen MR) is 158 cm³/mol. The summed E-state index contributed by atoms with van der Waals surface area (Å²) in [6.45, 7) is 10.8. The number of allylic oxidation sites excluding steroid dienone is 1. The number of anilines is 1. The van der Waals surface area contributed by atoms with Crippen molar-refractivity contribution in [2.24, 2.45) is 0 Å². The van der Waals surface area contributed by atoms with Gasteiger partial charge in [0.05, 0.1) is 11.0 Å². The van der Waals surface area contributed by atoms with E-state index >= 15 is 0 Å². The molecule has 0 bridgehead atoms. The number of alkyl halides is 3. The third-order valence-corrected chi connectivity index (χ3v) is 7.89. The predicted octanol–water partition coefficient (Wildman–Crippen LogP) is 6.71. The van der Waals surface area contributed by atoms with Crippen LogP contribution in [-0.4, -0.2) is 54.3 Å². The monoisotopic (exact) mass is 635 g/mol. The van der Waals surface area contributed by atoms with Gasteiger partial charge in [-0.05, 0) is 48.3 Å². The minimum atomic E-state index is -4.50. The van der Waals surface area contributed by atoms with Crippen molar-refractivity contribution in [1.29, 1.82) is 0 Å². The highest BCUT2D eigenvalue weighted by atomic mass is 32.2. The maximum atomic E-state index is 14.1. The summed E-state index contributed by atoms with van der Waals surface area (Å²) in [6, 6.07) is 5.11. The molecule has 0 radical (unpaired) electrons. The minimum absolute atomic E-state index is 0.0651. The van der Waals surface area contributed by atoms with Crippen molar-refractivity contribution < 1.29 is 35.2 Å². The van der Waals surface area contributed by atoms with E-state index in [0.717, 1.165) is 11.0 Å². The number of benzene rings is 1. The number of hydrogen-bond donors (Lipinski definition) is 1. The number of rotatable bonds is 10. The van der Waals surface area contributed by atoms with Gasteiger partial charge in [0, 0.05) is 42.5 Å². The summed E-state index contributed by atoms with van der Waals surface area (Å²) in [5, 5.41) is 4.99. The molecular formula is C30H33F4N5O4S. The first kappa shape index (κ1) is 32.9. The SMILES string of the molecule is C=CC1=C(/C=C/S(=O)(=O)Nc2noc(C(C)(C)C)c2-c2cccc(F)c2)CN(C(C)c2cnc(OCC(F)(F)F)nc2)CC1. The molecule has 1 aliphatic rings. The van der Waals surface area contributed by atoms with Gasteiger partial charge < -0.3 is 9.26 Å². The quantitative estimate of drug-likeness (QED) is 0.245. The van der Waals surface area contributed by atoms with E-state index < -0.39 is 34.0 Å². The Morgan fingerprint density at radius 3 is 2.50 bits per heavy atom. The first-order chi connectivity index (χ1) is 20.6. The summed E-state index contributed by atoms with van der Waals surface area (Å²) >= 11 is 0. The molecule has 0 spiro atoms. The number of sulfonamides is 1. The molecule has 236 valence electrons. The molecule has 4 rings (SSSR count). The summed E-state index contributed by atoms with van der Waals surface area (Å²) in [4.78, 5) is 9.82. The molecule has 0 saturated carbocycles. The van der Waals surface area contributed by atoms with Crippen LogP contribution in [0.1, 0.15) is 51.5 Å². The average molecular weight is 636 g/mol. The lowest BCUT2D eigenvalue weighted by atomic mass is 9.88. The Bertz CT molecular complexity index is 1660. The Morgan fingerprint density at radius 2 is 1.89 bits per heavy atom. The third kappa shape index (κ3) is 8.32. The van der Waals surface area contributed by atoms with E-state index in [0.29, 0.717) is 47.5 Å². The molecule has 44 heavy (non-hydrogen) atoms. The van der Waals surface area contributed by atoms with Gasteiger partial charge in [0.2, 0.25) is 0 Å². The van der Waals surface area contributed by atoms with Gasteiger partial charge in [-0.1, -0.05) is 50.7 Å². The molecule has 1 aliphatic heterocycles. The second kappa shape index (κ2) is 12.9.